The van der Waals surface area contributed by atoms with Gasteiger partial charge in [-0.05, 0) is 30.2 Å². The maximum atomic E-state index is 15.0. The topological polar surface area (TPSA) is 85.9 Å². The third-order valence-corrected chi connectivity index (χ3v) is 6.55. The monoisotopic (exact) mass is 455 g/mol. The van der Waals surface area contributed by atoms with Crippen molar-refractivity contribution in [3.63, 3.8) is 0 Å². The third kappa shape index (κ3) is 4.06. The van der Waals surface area contributed by atoms with Crippen LogP contribution in [0.3, 0.4) is 0 Å². The van der Waals surface area contributed by atoms with E-state index in [1.54, 1.807) is 18.3 Å². The molecule has 1 N–H and O–H groups in total. The number of hydrogen-bond acceptors (Lipinski definition) is 6. The molecule has 33 heavy (non-hydrogen) atoms. The first-order valence-corrected chi connectivity index (χ1v) is 10.9. The molecule has 10 heteroatoms. The molecule has 2 fully saturated rings. The van der Waals surface area contributed by atoms with Crippen molar-refractivity contribution >= 4 is 23.4 Å². The van der Waals surface area contributed by atoms with E-state index in [2.05, 4.69) is 15.2 Å². The van der Waals surface area contributed by atoms with Crippen LogP contribution in [0.2, 0.25) is 0 Å². The van der Waals surface area contributed by atoms with Crippen molar-refractivity contribution in [2.75, 3.05) is 31.1 Å². The summed E-state index contributed by atoms with van der Waals surface area (Å²) in [5, 5.41) is 2.27. The zero-order valence-electron chi connectivity index (χ0n) is 17.9. The third-order valence-electron chi connectivity index (χ3n) is 6.55. The summed E-state index contributed by atoms with van der Waals surface area (Å²) in [4.78, 5) is 45.7. The van der Waals surface area contributed by atoms with Crippen LogP contribution < -0.4 is 10.2 Å². The van der Waals surface area contributed by atoms with Crippen molar-refractivity contribution < 1.29 is 23.2 Å². The van der Waals surface area contributed by atoms with Crippen LogP contribution in [-0.2, 0) is 22.7 Å². The van der Waals surface area contributed by atoms with Gasteiger partial charge >= 0.3 is 0 Å². The average molecular weight is 455 g/mol. The van der Waals surface area contributed by atoms with Crippen molar-refractivity contribution in [3.8, 4) is 0 Å². The number of hydrogen-bond donors (Lipinski definition) is 1. The summed E-state index contributed by atoms with van der Waals surface area (Å²) in [6.07, 6.45) is 3.20. The molecule has 4 heterocycles. The predicted octanol–water partition coefficient (Wildman–Crippen LogP) is 1.44. The summed E-state index contributed by atoms with van der Waals surface area (Å²) >= 11 is 0. The molecule has 2 aromatic rings. The van der Waals surface area contributed by atoms with Crippen LogP contribution in [0.4, 0.5) is 14.5 Å². The van der Waals surface area contributed by atoms with Gasteiger partial charge in [-0.25, -0.2) is 8.78 Å². The van der Waals surface area contributed by atoms with Crippen molar-refractivity contribution in [2.24, 2.45) is 0 Å². The van der Waals surface area contributed by atoms with Crippen molar-refractivity contribution in [2.45, 2.75) is 32.0 Å². The molecule has 0 saturated carbocycles. The number of piperazine rings is 1. The van der Waals surface area contributed by atoms with Gasteiger partial charge in [0, 0.05) is 63.0 Å². The Balaban J connectivity index is 1.27. The fourth-order valence-corrected chi connectivity index (χ4v) is 4.74. The number of nitrogens with one attached hydrogen (secondary N) is 1. The molecule has 5 rings (SSSR count). The van der Waals surface area contributed by atoms with Gasteiger partial charge < -0.3 is 9.80 Å². The first kappa shape index (κ1) is 21.4. The molecule has 1 aromatic carbocycles. The molecule has 1 aromatic heterocycles. The molecule has 3 aliphatic rings. The molecular weight excluding hydrogens is 432 g/mol. The smallest absolute Gasteiger partial charge is 0.255 e. The molecular formula is C23H23F2N5O3. The van der Waals surface area contributed by atoms with Gasteiger partial charge in [-0.1, -0.05) is 0 Å². The maximum Gasteiger partial charge on any atom is 0.255 e. The highest BCUT2D eigenvalue weighted by atomic mass is 19.1. The number of rotatable bonds is 4. The summed E-state index contributed by atoms with van der Waals surface area (Å²) in [6.45, 7) is 3.07. The summed E-state index contributed by atoms with van der Waals surface area (Å²) in [5.74, 6) is -2.06. The van der Waals surface area contributed by atoms with Crippen LogP contribution in [0, 0.1) is 11.6 Å². The number of anilines is 1. The minimum atomic E-state index is -0.730. The van der Waals surface area contributed by atoms with Crippen LogP contribution in [0.1, 0.15) is 34.3 Å². The number of benzene rings is 1. The Morgan fingerprint density at radius 3 is 2.58 bits per heavy atom. The van der Waals surface area contributed by atoms with Gasteiger partial charge in [-0.3, -0.25) is 29.6 Å². The zero-order chi connectivity index (χ0) is 23.1. The highest BCUT2D eigenvalue weighted by Gasteiger charge is 2.40. The van der Waals surface area contributed by atoms with E-state index >= 15 is 0 Å². The molecule has 8 nitrogen and oxygen atoms in total. The van der Waals surface area contributed by atoms with Gasteiger partial charge in [-0.2, -0.15) is 0 Å². The molecule has 0 spiro atoms. The number of pyridine rings is 1. The normalized spacial score (nSPS) is 21.4. The van der Waals surface area contributed by atoms with Gasteiger partial charge in [0.1, 0.15) is 17.7 Å². The standard InChI is InChI=1S/C23H23F2N5O3/c24-17-10-16-15(13-30(23(16)33)19-1-2-21(31)27-22(19)32)9-20(17)29-7-5-28(6-8-29)12-14-3-4-26-11-18(14)25/h3-4,9-11,19H,1-2,5-8,12-13H2,(H,27,31,32). The number of carbonyl (C=O) groups excluding carboxylic acids is 3. The maximum absolute atomic E-state index is 15.0. The second-order valence-corrected chi connectivity index (χ2v) is 8.59. The highest BCUT2D eigenvalue weighted by molar-refractivity contribution is 6.05. The lowest BCUT2D eigenvalue weighted by Crippen LogP contribution is -2.52. The summed E-state index contributed by atoms with van der Waals surface area (Å²) < 4.78 is 28.9. The quantitative estimate of drug-likeness (QED) is 0.703. The van der Waals surface area contributed by atoms with Crippen molar-refractivity contribution in [3.05, 3.63) is 58.9 Å². The summed E-state index contributed by atoms with van der Waals surface area (Å²) in [6, 6.07) is 3.86. The number of nitrogens with zero attached hydrogens (tertiary/aromatic N) is 4. The fraction of sp³-hybridized carbons (Fsp3) is 0.391. The Labute approximate surface area is 189 Å². The van der Waals surface area contributed by atoms with E-state index < -0.39 is 23.7 Å². The molecule has 172 valence electrons. The van der Waals surface area contributed by atoms with Crippen LogP contribution >= 0.6 is 0 Å². The Hall–Kier alpha value is -3.40. The lowest BCUT2D eigenvalue weighted by atomic mass is 10.0. The molecule has 0 aliphatic carbocycles. The molecule has 1 unspecified atom stereocenters. The van der Waals surface area contributed by atoms with Crippen LogP contribution in [0.5, 0.6) is 0 Å². The molecule has 0 bridgehead atoms. The lowest BCUT2D eigenvalue weighted by molar-refractivity contribution is -0.136. The van der Waals surface area contributed by atoms with Crippen LogP contribution in [0.25, 0.3) is 0 Å². The average Bonchev–Trinajstić information content (AvgIpc) is 3.11. The Kier molecular flexibility index (Phi) is 5.53. The second-order valence-electron chi connectivity index (χ2n) is 8.59. The molecule has 2 saturated heterocycles. The first-order valence-electron chi connectivity index (χ1n) is 10.9. The van der Waals surface area contributed by atoms with E-state index in [9.17, 15) is 23.2 Å². The van der Waals surface area contributed by atoms with Gasteiger partial charge in [0.05, 0.1) is 11.9 Å². The van der Waals surface area contributed by atoms with E-state index in [-0.39, 0.29) is 36.7 Å². The highest BCUT2D eigenvalue weighted by Crippen LogP contribution is 2.33. The van der Waals surface area contributed by atoms with Crippen LogP contribution in [0.15, 0.2) is 30.6 Å². The van der Waals surface area contributed by atoms with Crippen LogP contribution in [-0.4, -0.2) is 64.7 Å². The van der Waals surface area contributed by atoms with E-state index in [4.69, 9.17) is 0 Å². The number of halogens is 2. The van der Waals surface area contributed by atoms with Gasteiger partial charge in [0.15, 0.2) is 0 Å². The predicted molar refractivity (Wildman–Crippen MR) is 114 cm³/mol. The van der Waals surface area contributed by atoms with Crippen molar-refractivity contribution in [1.29, 1.82) is 0 Å². The lowest BCUT2D eigenvalue weighted by Gasteiger charge is -2.36. The number of carbonyl (C=O) groups is 3. The number of piperidine rings is 1. The number of amides is 3. The molecule has 3 amide bonds. The first-order chi connectivity index (χ1) is 15.9. The van der Waals surface area contributed by atoms with Gasteiger partial charge in [-0.15, -0.1) is 0 Å². The molecule has 0 radical (unpaired) electrons. The number of imide groups is 1. The molecule has 1 atom stereocenters. The van der Waals surface area contributed by atoms with E-state index in [0.717, 1.165) is 0 Å². The summed E-state index contributed by atoms with van der Waals surface area (Å²) in [7, 11) is 0. The second kappa shape index (κ2) is 8.51. The van der Waals surface area contributed by atoms with Gasteiger partial charge in [0.2, 0.25) is 11.8 Å². The fourth-order valence-electron chi connectivity index (χ4n) is 4.74. The van der Waals surface area contributed by atoms with Gasteiger partial charge in [0.25, 0.3) is 5.91 Å². The Morgan fingerprint density at radius 2 is 1.85 bits per heavy atom. The van der Waals surface area contributed by atoms with E-state index in [0.29, 0.717) is 49.5 Å². The Bertz CT molecular complexity index is 1130. The minimum absolute atomic E-state index is 0.170. The van der Waals surface area contributed by atoms with E-state index in [1.807, 2.05) is 4.90 Å². The Morgan fingerprint density at radius 1 is 1.06 bits per heavy atom. The van der Waals surface area contributed by atoms with Crippen molar-refractivity contribution in [1.82, 2.24) is 20.1 Å². The van der Waals surface area contributed by atoms with E-state index in [1.165, 1.54) is 17.2 Å². The number of fused-ring (bicyclic) bond motifs is 1. The zero-order valence-corrected chi connectivity index (χ0v) is 17.9. The molecule has 3 aliphatic heterocycles. The number of aromatic nitrogens is 1. The largest absolute Gasteiger partial charge is 0.367 e. The summed E-state index contributed by atoms with van der Waals surface area (Å²) in [5.41, 5.74) is 1.92. The SMILES string of the molecule is O=C1CCC(N2Cc3cc(N4CCN(Cc5ccncc5F)CC4)c(F)cc3C2=O)C(=O)N1. The minimum Gasteiger partial charge on any atom is -0.367 e.